The Hall–Kier alpha value is -2.37. The first-order chi connectivity index (χ1) is 9.99. The molecule has 0 unspecified atom stereocenters. The first kappa shape index (κ1) is 15.0. The van der Waals surface area contributed by atoms with Crippen molar-refractivity contribution in [1.82, 2.24) is 10.1 Å². The van der Waals surface area contributed by atoms with E-state index in [1.807, 2.05) is 19.9 Å². The molecule has 0 radical (unpaired) electrons. The maximum atomic E-state index is 11.9. The quantitative estimate of drug-likeness (QED) is 0.915. The number of anilines is 1. The van der Waals surface area contributed by atoms with Crippen LogP contribution in [0.25, 0.3) is 11.5 Å². The molecule has 1 N–H and O–H groups in total. The minimum atomic E-state index is -0.0536. The van der Waals surface area contributed by atoms with Crippen LogP contribution in [0.5, 0.6) is 5.75 Å². The van der Waals surface area contributed by atoms with Gasteiger partial charge in [-0.05, 0) is 31.0 Å². The second kappa shape index (κ2) is 6.39. The lowest BCUT2D eigenvalue weighted by molar-refractivity contribution is -0.116. The summed E-state index contributed by atoms with van der Waals surface area (Å²) in [5, 5.41) is 6.62. The first-order valence-electron chi connectivity index (χ1n) is 6.78. The number of nitrogens with one attached hydrogen (secondary N) is 1. The van der Waals surface area contributed by atoms with Crippen LogP contribution in [0.3, 0.4) is 0 Å². The van der Waals surface area contributed by atoms with Crippen LogP contribution >= 0.6 is 0 Å². The van der Waals surface area contributed by atoms with E-state index in [1.54, 1.807) is 26.2 Å². The van der Waals surface area contributed by atoms with Crippen LogP contribution < -0.4 is 10.1 Å². The third-order valence-corrected chi connectivity index (χ3v) is 2.84. The summed E-state index contributed by atoms with van der Waals surface area (Å²) in [6.45, 7) is 5.74. The van der Waals surface area contributed by atoms with Crippen LogP contribution in [-0.2, 0) is 4.79 Å². The van der Waals surface area contributed by atoms with E-state index < -0.39 is 0 Å². The zero-order valence-corrected chi connectivity index (χ0v) is 12.6. The molecule has 21 heavy (non-hydrogen) atoms. The van der Waals surface area contributed by atoms with Gasteiger partial charge in [0.05, 0.1) is 12.8 Å². The minimum absolute atomic E-state index is 0.0536. The van der Waals surface area contributed by atoms with Gasteiger partial charge in [-0.15, -0.1) is 0 Å². The van der Waals surface area contributed by atoms with E-state index in [4.69, 9.17) is 9.26 Å². The van der Waals surface area contributed by atoms with Gasteiger partial charge >= 0.3 is 0 Å². The number of aromatic nitrogens is 2. The third-order valence-electron chi connectivity index (χ3n) is 2.84. The second-order valence-electron chi connectivity index (χ2n) is 5.21. The molecule has 1 aromatic carbocycles. The summed E-state index contributed by atoms with van der Waals surface area (Å²) in [6, 6.07) is 5.34. The predicted molar refractivity (Wildman–Crippen MR) is 79.1 cm³/mol. The molecule has 0 aliphatic rings. The van der Waals surface area contributed by atoms with E-state index >= 15 is 0 Å². The van der Waals surface area contributed by atoms with Crippen molar-refractivity contribution in [3.63, 3.8) is 0 Å². The molecule has 2 aromatic rings. The third kappa shape index (κ3) is 3.81. The van der Waals surface area contributed by atoms with Crippen molar-refractivity contribution in [2.75, 3.05) is 12.4 Å². The second-order valence-corrected chi connectivity index (χ2v) is 5.21. The lowest BCUT2D eigenvalue weighted by atomic mass is 10.1. The Balaban J connectivity index is 2.28. The summed E-state index contributed by atoms with van der Waals surface area (Å²) in [5.74, 6) is 1.80. The molecule has 6 nitrogen and oxygen atoms in total. The number of benzene rings is 1. The van der Waals surface area contributed by atoms with Crippen LogP contribution in [-0.4, -0.2) is 23.2 Å². The number of ether oxygens (including phenoxy) is 1. The number of aryl methyl sites for hydroxylation is 1. The van der Waals surface area contributed by atoms with Gasteiger partial charge in [0.25, 0.3) is 5.89 Å². The van der Waals surface area contributed by atoms with Gasteiger partial charge in [-0.1, -0.05) is 19.0 Å². The predicted octanol–water partition coefficient (Wildman–Crippen LogP) is 3.04. The van der Waals surface area contributed by atoms with Gasteiger partial charge in [0, 0.05) is 12.0 Å². The number of carbonyl (C=O) groups is 1. The molecular weight excluding hydrogens is 270 g/mol. The van der Waals surface area contributed by atoms with E-state index in [2.05, 4.69) is 15.5 Å². The summed E-state index contributed by atoms with van der Waals surface area (Å²) >= 11 is 0. The molecule has 1 heterocycles. The normalized spacial score (nSPS) is 10.7. The molecule has 2 rings (SSSR count). The molecule has 1 aromatic heterocycles. The highest BCUT2D eigenvalue weighted by molar-refractivity contribution is 5.93. The number of methoxy groups -OCH3 is 1. The molecule has 0 aliphatic heterocycles. The number of hydrogen-bond donors (Lipinski definition) is 1. The SMILES string of the molecule is COc1ccc(-c2nc(C)no2)cc1NC(=O)CC(C)C. The first-order valence-corrected chi connectivity index (χ1v) is 6.78. The van der Waals surface area contributed by atoms with Gasteiger partial charge in [-0.3, -0.25) is 4.79 Å². The summed E-state index contributed by atoms with van der Waals surface area (Å²) in [4.78, 5) is 16.1. The maximum Gasteiger partial charge on any atom is 0.257 e. The van der Waals surface area contributed by atoms with Gasteiger partial charge in [-0.25, -0.2) is 0 Å². The van der Waals surface area contributed by atoms with Crippen LogP contribution in [0, 0.1) is 12.8 Å². The molecule has 0 aliphatic carbocycles. The van der Waals surface area contributed by atoms with Crippen molar-refractivity contribution in [2.45, 2.75) is 27.2 Å². The Labute approximate surface area is 123 Å². The highest BCUT2D eigenvalue weighted by Gasteiger charge is 2.13. The maximum absolute atomic E-state index is 11.9. The van der Waals surface area contributed by atoms with E-state index in [1.165, 1.54) is 0 Å². The molecule has 6 heteroatoms. The summed E-state index contributed by atoms with van der Waals surface area (Å²) in [6.07, 6.45) is 0.451. The largest absolute Gasteiger partial charge is 0.495 e. The van der Waals surface area contributed by atoms with Crippen LogP contribution in [0.15, 0.2) is 22.7 Å². The number of nitrogens with zero attached hydrogens (tertiary/aromatic N) is 2. The summed E-state index contributed by atoms with van der Waals surface area (Å²) in [5.41, 5.74) is 1.33. The smallest absolute Gasteiger partial charge is 0.257 e. The number of carbonyl (C=O) groups excluding carboxylic acids is 1. The van der Waals surface area contributed by atoms with Crippen molar-refractivity contribution < 1.29 is 14.1 Å². The molecule has 0 atom stereocenters. The van der Waals surface area contributed by atoms with E-state index in [0.717, 1.165) is 5.56 Å². The fraction of sp³-hybridized carbons (Fsp3) is 0.400. The molecule has 0 fully saturated rings. The lowest BCUT2D eigenvalue weighted by Crippen LogP contribution is -2.14. The highest BCUT2D eigenvalue weighted by atomic mass is 16.5. The molecule has 0 spiro atoms. The molecule has 0 saturated carbocycles. The monoisotopic (exact) mass is 289 g/mol. The van der Waals surface area contributed by atoms with E-state index in [-0.39, 0.29) is 11.8 Å². The minimum Gasteiger partial charge on any atom is -0.495 e. The molecule has 0 bridgehead atoms. The zero-order valence-electron chi connectivity index (χ0n) is 12.6. The Morgan fingerprint density at radius 3 is 2.76 bits per heavy atom. The Bertz CT molecular complexity index is 635. The summed E-state index contributed by atoms with van der Waals surface area (Å²) in [7, 11) is 1.56. The van der Waals surface area contributed by atoms with Crippen molar-refractivity contribution >= 4 is 11.6 Å². The Morgan fingerprint density at radius 2 is 2.19 bits per heavy atom. The summed E-state index contributed by atoms with van der Waals surface area (Å²) < 4.78 is 10.4. The van der Waals surface area contributed by atoms with Crippen LogP contribution in [0.1, 0.15) is 26.1 Å². The fourth-order valence-electron chi connectivity index (χ4n) is 1.93. The van der Waals surface area contributed by atoms with Crippen molar-refractivity contribution in [3.8, 4) is 17.2 Å². The lowest BCUT2D eigenvalue weighted by Gasteiger charge is -2.12. The Kier molecular flexibility index (Phi) is 4.57. The molecule has 112 valence electrons. The molecular formula is C15H19N3O3. The standard InChI is InChI=1S/C15H19N3O3/c1-9(2)7-14(19)17-12-8-11(5-6-13(12)20-4)15-16-10(3)18-21-15/h5-6,8-9H,7H2,1-4H3,(H,17,19). The average molecular weight is 289 g/mol. The number of hydrogen-bond acceptors (Lipinski definition) is 5. The van der Waals surface area contributed by atoms with Crippen LogP contribution in [0.2, 0.25) is 0 Å². The zero-order chi connectivity index (χ0) is 15.4. The fourth-order valence-corrected chi connectivity index (χ4v) is 1.93. The van der Waals surface area contributed by atoms with Crippen molar-refractivity contribution in [3.05, 3.63) is 24.0 Å². The van der Waals surface area contributed by atoms with E-state index in [0.29, 0.717) is 29.6 Å². The highest BCUT2D eigenvalue weighted by Crippen LogP contribution is 2.30. The van der Waals surface area contributed by atoms with Gasteiger partial charge in [0.15, 0.2) is 5.82 Å². The topological polar surface area (TPSA) is 77.2 Å². The van der Waals surface area contributed by atoms with Gasteiger partial charge in [0.1, 0.15) is 5.75 Å². The Morgan fingerprint density at radius 1 is 1.43 bits per heavy atom. The molecule has 1 amide bonds. The number of amides is 1. The number of rotatable bonds is 5. The van der Waals surface area contributed by atoms with Crippen molar-refractivity contribution in [1.29, 1.82) is 0 Å². The molecule has 0 saturated heterocycles. The van der Waals surface area contributed by atoms with E-state index in [9.17, 15) is 4.79 Å². The van der Waals surface area contributed by atoms with Gasteiger partial charge < -0.3 is 14.6 Å². The van der Waals surface area contributed by atoms with Gasteiger partial charge in [0.2, 0.25) is 5.91 Å². The average Bonchev–Trinajstić information content (AvgIpc) is 2.84. The van der Waals surface area contributed by atoms with Crippen LogP contribution in [0.4, 0.5) is 5.69 Å². The van der Waals surface area contributed by atoms with Gasteiger partial charge in [-0.2, -0.15) is 4.98 Å². The van der Waals surface area contributed by atoms with Crippen molar-refractivity contribution in [2.24, 2.45) is 5.92 Å².